The molecule has 0 saturated carbocycles. The molecule has 1 aliphatic rings. The molecule has 0 N–H and O–H groups in total. The molecule has 1 aliphatic heterocycles. The summed E-state index contributed by atoms with van der Waals surface area (Å²) in [6.07, 6.45) is 30.5. The van der Waals surface area contributed by atoms with Crippen molar-refractivity contribution in [3.8, 4) is 0 Å². The van der Waals surface area contributed by atoms with E-state index >= 15 is 0 Å². The summed E-state index contributed by atoms with van der Waals surface area (Å²) in [5.74, 6) is 0. The highest BCUT2D eigenvalue weighted by molar-refractivity contribution is 5.79. The highest BCUT2D eigenvalue weighted by atomic mass is 15.2. The molecule has 0 bridgehead atoms. The molecule has 0 fully saturated rings. The third-order valence-electron chi connectivity index (χ3n) is 9.81. The Kier molecular flexibility index (Phi) is 18.3. The number of hydrogen-bond donors (Lipinski definition) is 0. The van der Waals surface area contributed by atoms with Gasteiger partial charge in [0.05, 0.1) is 0 Å². The topological polar surface area (TPSA) is 25.3 Å². The summed E-state index contributed by atoms with van der Waals surface area (Å²) in [4.78, 5) is 0. The summed E-state index contributed by atoms with van der Waals surface area (Å²) in [5, 5.41) is 0. The maximum absolute atomic E-state index is 12.1. The van der Waals surface area contributed by atoms with Crippen molar-refractivity contribution < 1.29 is 4.70 Å². The average molecular weight is 625 g/mol. The zero-order valence-electron chi connectivity index (χ0n) is 30.7. The van der Waals surface area contributed by atoms with E-state index in [-0.39, 0.29) is 0 Å². The Bertz CT molecular complexity index is 1190. The van der Waals surface area contributed by atoms with Crippen LogP contribution in [0.2, 0.25) is 0 Å². The minimum Gasteiger partial charge on any atom is -0.493 e. The van der Waals surface area contributed by atoms with Crippen molar-refractivity contribution in [1.82, 2.24) is 0 Å². The summed E-state index contributed by atoms with van der Waals surface area (Å²) >= 11 is 0. The molecule has 0 atom stereocenters. The van der Waals surface area contributed by atoms with Crippen molar-refractivity contribution in [2.24, 2.45) is 0 Å². The van der Waals surface area contributed by atoms with Crippen LogP contribution >= 0.6 is 0 Å². The number of nitrogens with zero attached hydrogens (tertiary/aromatic N) is 2. The molecule has 46 heavy (non-hydrogen) atoms. The third-order valence-corrected chi connectivity index (χ3v) is 9.81. The number of allylic oxidation sites excluding steroid dienone is 2. The van der Waals surface area contributed by atoms with Gasteiger partial charge >= 0.3 is 0 Å². The van der Waals surface area contributed by atoms with Gasteiger partial charge in [0, 0.05) is 22.8 Å². The first-order valence-corrected chi connectivity index (χ1v) is 19.7. The molecule has 0 amide bonds. The van der Waals surface area contributed by atoms with E-state index in [2.05, 4.69) is 77.1 Å². The van der Waals surface area contributed by atoms with Crippen molar-refractivity contribution in [3.63, 3.8) is 0 Å². The first-order valence-electron chi connectivity index (χ1n) is 19.7. The molecule has 3 rings (SSSR count). The first-order chi connectivity index (χ1) is 22.5. The molecule has 0 aromatic heterocycles. The Hall–Kier alpha value is -2.48. The Labute approximate surface area is 284 Å². The molecular weight excluding hydrogens is 556 g/mol. The van der Waals surface area contributed by atoms with Crippen molar-refractivity contribution in [3.05, 3.63) is 87.0 Å². The van der Waals surface area contributed by atoms with Crippen LogP contribution in [0.4, 0.5) is 0 Å². The van der Waals surface area contributed by atoms with E-state index in [0.29, 0.717) is 0 Å². The van der Waals surface area contributed by atoms with E-state index in [1.165, 1.54) is 155 Å². The molecule has 2 nitrogen and oxygen atoms in total. The van der Waals surface area contributed by atoms with Gasteiger partial charge in [-0.15, -0.1) is 0 Å². The Morgan fingerprint density at radius 1 is 0.413 bits per heavy atom. The summed E-state index contributed by atoms with van der Waals surface area (Å²) < 4.78 is 1.58. The average Bonchev–Trinajstić information content (AvgIpc) is 3.38. The lowest BCUT2D eigenvalue weighted by molar-refractivity contribution is -0.344. The van der Waals surface area contributed by atoms with E-state index in [1.807, 2.05) is 0 Å². The lowest BCUT2D eigenvalue weighted by Crippen LogP contribution is -2.05. The molecular formula is C44H68N2. The van der Waals surface area contributed by atoms with Crippen LogP contribution < -0.4 is 0 Å². The molecule has 2 heteroatoms. The second-order valence-electron chi connectivity index (χ2n) is 14.1. The molecule has 0 spiro atoms. The van der Waals surface area contributed by atoms with Crippen LogP contribution in [0.3, 0.4) is 0 Å². The van der Waals surface area contributed by atoms with Crippen LogP contribution in [0, 0.1) is 0 Å². The van der Waals surface area contributed by atoms with Gasteiger partial charge in [0.15, 0.2) is 0 Å². The quantitative estimate of drug-likeness (QED) is 0.0776. The standard InChI is InChI=1S/C44H68N2/c1-6-11-16-17-18-23-28-40-35-43(41-31-36(24-19-12-7-2)29-37(32-41)25-20-13-8-3)46(45)44(40)42-33-38(26-21-14-9-4)30-39(34-42)27-22-15-10-5/h29-35H,6-28H2,1-5H3. The maximum Gasteiger partial charge on any atom is 0.210 e. The van der Waals surface area contributed by atoms with Gasteiger partial charge in [0.1, 0.15) is 0 Å². The predicted molar refractivity (Wildman–Crippen MR) is 202 cm³/mol. The smallest absolute Gasteiger partial charge is 0.210 e. The molecule has 254 valence electrons. The summed E-state index contributed by atoms with van der Waals surface area (Å²) in [6.45, 7) is 11.4. The Balaban J connectivity index is 2.01. The van der Waals surface area contributed by atoms with Crippen LogP contribution in [0.15, 0.2) is 48.0 Å². The number of benzene rings is 2. The molecule has 0 unspecified atom stereocenters. The van der Waals surface area contributed by atoms with Gasteiger partial charge in [-0.05, 0) is 111 Å². The number of aryl methyl sites for hydroxylation is 4. The van der Waals surface area contributed by atoms with Crippen LogP contribution in [0.25, 0.3) is 16.9 Å². The fraction of sp³-hybridized carbons (Fsp3) is 0.636. The molecule has 0 saturated heterocycles. The third kappa shape index (κ3) is 12.6. The lowest BCUT2D eigenvalue weighted by atomic mass is 9.94. The number of rotatable bonds is 25. The van der Waals surface area contributed by atoms with Gasteiger partial charge < -0.3 is 5.53 Å². The van der Waals surface area contributed by atoms with Gasteiger partial charge in [0.25, 0.3) is 0 Å². The highest BCUT2D eigenvalue weighted by Crippen LogP contribution is 2.39. The predicted octanol–water partition coefficient (Wildman–Crippen LogP) is 14.2. The molecule has 0 radical (unpaired) electrons. The van der Waals surface area contributed by atoms with E-state index in [9.17, 15) is 5.53 Å². The van der Waals surface area contributed by atoms with Crippen molar-refractivity contribution in [1.29, 1.82) is 0 Å². The normalized spacial score (nSPS) is 13.2. The largest absolute Gasteiger partial charge is 0.493 e. The minimum absolute atomic E-state index is 0.967. The molecule has 2 aromatic rings. The molecule has 1 heterocycles. The van der Waals surface area contributed by atoms with Crippen molar-refractivity contribution in [2.45, 2.75) is 182 Å². The van der Waals surface area contributed by atoms with E-state index in [1.54, 1.807) is 4.70 Å². The van der Waals surface area contributed by atoms with Gasteiger partial charge in [-0.2, -0.15) is 0 Å². The van der Waals surface area contributed by atoms with Crippen molar-refractivity contribution >= 4 is 11.4 Å². The summed E-state index contributed by atoms with van der Waals surface area (Å²) in [5.41, 5.74) is 23.5. The fourth-order valence-corrected chi connectivity index (χ4v) is 7.05. The lowest BCUT2D eigenvalue weighted by Gasteiger charge is -2.15. The first kappa shape index (κ1) is 38.0. The van der Waals surface area contributed by atoms with E-state index in [4.69, 9.17) is 0 Å². The van der Waals surface area contributed by atoms with E-state index < -0.39 is 0 Å². The van der Waals surface area contributed by atoms with Crippen molar-refractivity contribution in [2.75, 3.05) is 0 Å². The van der Waals surface area contributed by atoms with Crippen LogP contribution in [0.5, 0.6) is 0 Å². The molecule has 2 aromatic carbocycles. The Morgan fingerprint density at radius 3 is 1.20 bits per heavy atom. The summed E-state index contributed by atoms with van der Waals surface area (Å²) in [6, 6.07) is 14.4. The maximum atomic E-state index is 12.1. The molecule has 0 aliphatic carbocycles. The Morgan fingerprint density at radius 2 is 0.761 bits per heavy atom. The van der Waals surface area contributed by atoms with Gasteiger partial charge in [-0.1, -0.05) is 130 Å². The second-order valence-corrected chi connectivity index (χ2v) is 14.1. The fourth-order valence-electron chi connectivity index (χ4n) is 7.05. The SMILES string of the molecule is CCCCCCCCC1=C(c2cc(CCCCC)cc(CCCCC)c2)[N+](=[N-])C(c2cc(CCCCC)cc(CCCCC)c2)=C1. The second kappa shape index (κ2) is 22.2. The van der Waals surface area contributed by atoms with E-state index in [0.717, 1.165) is 43.5 Å². The monoisotopic (exact) mass is 625 g/mol. The van der Waals surface area contributed by atoms with Gasteiger partial charge in [-0.25, -0.2) is 4.70 Å². The van der Waals surface area contributed by atoms with Crippen LogP contribution in [-0.2, 0) is 25.7 Å². The number of hydrogen-bond acceptors (Lipinski definition) is 0. The van der Waals surface area contributed by atoms with Gasteiger partial charge in [-0.3, -0.25) is 0 Å². The van der Waals surface area contributed by atoms with Crippen LogP contribution in [0.1, 0.15) is 190 Å². The minimum atomic E-state index is 0.967. The summed E-state index contributed by atoms with van der Waals surface area (Å²) in [7, 11) is 0. The van der Waals surface area contributed by atoms with Crippen LogP contribution in [-0.4, -0.2) is 4.70 Å². The zero-order chi connectivity index (χ0) is 33.0. The number of unbranched alkanes of at least 4 members (excludes halogenated alkanes) is 13. The highest BCUT2D eigenvalue weighted by Gasteiger charge is 2.29. The zero-order valence-corrected chi connectivity index (χ0v) is 30.7. The van der Waals surface area contributed by atoms with Gasteiger partial charge in [0.2, 0.25) is 11.4 Å².